The number of benzene rings is 4. The van der Waals surface area contributed by atoms with Crippen molar-refractivity contribution in [3.63, 3.8) is 0 Å². The lowest BCUT2D eigenvalue weighted by atomic mass is 10.1. The van der Waals surface area contributed by atoms with Crippen LogP contribution in [0.15, 0.2) is 115 Å². The van der Waals surface area contributed by atoms with Crippen molar-refractivity contribution in [2.24, 2.45) is 28.9 Å². The van der Waals surface area contributed by atoms with Crippen molar-refractivity contribution in [2.45, 2.75) is 102 Å². The first-order chi connectivity index (χ1) is 60.1. The van der Waals surface area contributed by atoms with Gasteiger partial charge in [-0.3, -0.25) is 59.5 Å². The van der Waals surface area contributed by atoms with Crippen molar-refractivity contribution in [1.82, 2.24) is 21.3 Å². The number of aryl methyl sites for hydroxylation is 4. The molecule has 8 aromatic rings. The van der Waals surface area contributed by atoms with Crippen LogP contribution in [0.3, 0.4) is 0 Å². The number of amides is 4. The fraction of sp³-hybridized carbons (Fsp3) is 0.247. The second-order valence-electron chi connectivity index (χ2n) is 26.7. The van der Waals surface area contributed by atoms with Crippen LogP contribution in [-0.4, -0.2) is 199 Å². The fourth-order valence-corrected chi connectivity index (χ4v) is 15.5. The van der Waals surface area contributed by atoms with Crippen LogP contribution in [0.2, 0.25) is 5.02 Å². The summed E-state index contributed by atoms with van der Waals surface area (Å²) in [6, 6.07) is 18.8. The van der Waals surface area contributed by atoms with E-state index in [1.807, 2.05) is 5.32 Å². The highest BCUT2D eigenvalue weighted by molar-refractivity contribution is 7.86. The second-order valence-corrected chi connectivity index (χ2v) is 34.8. The fourth-order valence-electron chi connectivity index (χ4n) is 10.2. The molecule has 0 aliphatic carbocycles. The zero-order valence-electron chi connectivity index (χ0n) is 66.7. The summed E-state index contributed by atoms with van der Waals surface area (Å²) in [7, 11) is -9.22. The Bertz CT molecular complexity index is 5900. The van der Waals surface area contributed by atoms with E-state index in [0.717, 1.165) is 69.6 Å². The molecule has 690 valence electrons. The Kier molecular flexibility index (Phi) is 39.8. The topological polar surface area (TPSA) is 754 Å². The molecule has 0 saturated carbocycles. The summed E-state index contributed by atoms with van der Waals surface area (Å²) < 4.78 is 124. The molecule has 0 fully saturated rings. The lowest BCUT2D eigenvalue weighted by molar-refractivity contribution is -0.147. The number of carbonyl (C=O) groups is 14. The molecule has 4 aromatic heterocycles. The number of carboxylic acids is 6. The lowest BCUT2D eigenvalue weighted by Crippen LogP contribution is -2.47. The number of nitrogens with one attached hydrogen (secondary N) is 8. The summed E-state index contributed by atoms with van der Waals surface area (Å²) in [5.74, 6) is -22.2. The highest BCUT2D eigenvalue weighted by Gasteiger charge is 2.31. The molecule has 5 atom stereocenters. The first-order valence-electron chi connectivity index (χ1n) is 36.4. The molecule has 0 aliphatic heterocycles. The number of hydrogen-bond donors (Lipinski definition) is 20. The normalized spacial score (nSPS) is 12.0. The third-order valence-corrected chi connectivity index (χ3v) is 23.0. The summed E-state index contributed by atoms with van der Waals surface area (Å²) in [6.45, 7) is 3.20. The Labute approximate surface area is 748 Å². The second kappa shape index (κ2) is 48.7. The van der Waals surface area contributed by atoms with Crippen LogP contribution in [0.1, 0.15) is 131 Å². The molecule has 52 heteroatoms. The van der Waals surface area contributed by atoms with Crippen molar-refractivity contribution in [1.29, 1.82) is 21.6 Å². The standard InChI is InChI=1S/2C20H20FN3O7S.C19H20ClN3O8S2.C18H18FN3O8S2/c21-12-9-10(18(22)23)1-5-14(12)31-20(30)15-6-2-11(32-15)3-7-16(25)24-13(19(28)29)4-8-17(26)27;1-9-6-15(20(30)31-13-3-2-10(18(22)23)7-11(13)21)32-14(9)4-5-16(25)24-12(19(28)29)8-17(26)27;1-9(17(24)23-13(18(25)26)8-33(28,29)30)6-11-3-5-15(32-11)19(27)31-14-4-2-10(16(21)22)7-12(14)20;19-11-7-9(16(20)21)1-4-13(11)30-18(26)14-5-2-10(31-14)3-6-15(23)22-12(17(24)25)8-32(27,28)29/h1-2,5-6,9,13H,3-4,7-8H2,(H3,22,23)(H,24,25)(H,26,27)(H,28,29);2-3,6-7,12H,4-5,8H2,1H3,(H3,22,23)(H,24,25)(H,26,27)(H,28,29);2-5,7,9,13H,6,8H2,1H3,(H3,21,22)(H,23,24)(H,25,26)(H,28,29,30);1-2,4-5,7,12H,3,6,8H2,(H3,20,21)(H,22,23)(H,24,25)(H,27,28,29)/t13-;12-;9?,13-;12-/m0000/s1. The molecule has 1 unspecified atom stereocenters. The van der Waals surface area contributed by atoms with Gasteiger partial charge in [0.15, 0.2) is 34.7 Å². The summed E-state index contributed by atoms with van der Waals surface area (Å²) in [6.07, 6.45) is -1.19. The van der Waals surface area contributed by atoms with Crippen LogP contribution in [0.25, 0.3) is 0 Å². The molecular weight excluding hydrogens is 1860 g/mol. The quantitative estimate of drug-likeness (QED) is 0.00712. The number of carboxylic acid groups (broad SMARTS) is 6. The van der Waals surface area contributed by atoms with E-state index in [1.165, 1.54) is 85.8 Å². The zero-order valence-corrected chi connectivity index (χ0v) is 72.3. The van der Waals surface area contributed by atoms with Crippen molar-refractivity contribution in [3.8, 4) is 23.0 Å². The molecule has 4 heterocycles. The van der Waals surface area contributed by atoms with Gasteiger partial charge < -0.3 is 93.8 Å². The van der Waals surface area contributed by atoms with Gasteiger partial charge in [0, 0.05) is 73.4 Å². The summed E-state index contributed by atoms with van der Waals surface area (Å²) in [5, 5.41) is 91.1. The molecule has 8 rings (SSSR count). The Morgan fingerprint density at radius 3 is 1.11 bits per heavy atom. The van der Waals surface area contributed by atoms with Crippen molar-refractivity contribution in [3.05, 3.63) is 205 Å². The third-order valence-electron chi connectivity index (χ3n) is 16.6. The molecule has 0 saturated heterocycles. The van der Waals surface area contributed by atoms with Crippen LogP contribution >= 0.6 is 56.9 Å². The highest BCUT2D eigenvalue weighted by atomic mass is 35.5. The van der Waals surface area contributed by atoms with Crippen molar-refractivity contribution in [2.75, 3.05) is 11.5 Å². The average Bonchev–Trinajstić information content (AvgIpc) is 1.71. The van der Waals surface area contributed by atoms with Gasteiger partial charge in [0.2, 0.25) is 23.6 Å². The smallest absolute Gasteiger partial charge is 0.353 e. The number of rotatable bonds is 41. The number of nitrogens with two attached hydrogens (primary N) is 4. The van der Waals surface area contributed by atoms with E-state index >= 15 is 0 Å². The number of nitrogen functional groups attached to an aromatic ring is 4. The van der Waals surface area contributed by atoms with Gasteiger partial charge in [0.25, 0.3) is 20.2 Å². The minimum atomic E-state index is -4.61. The molecule has 129 heavy (non-hydrogen) atoms. The van der Waals surface area contributed by atoms with Crippen LogP contribution in [0.5, 0.6) is 23.0 Å². The predicted octanol–water partition coefficient (Wildman–Crippen LogP) is 5.75. The van der Waals surface area contributed by atoms with Gasteiger partial charge in [0.1, 0.15) is 84.3 Å². The highest BCUT2D eigenvalue weighted by Crippen LogP contribution is 2.31. The van der Waals surface area contributed by atoms with E-state index in [4.69, 9.17) is 115 Å². The van der Waals surface area contributed by atoms with E-state index in [1.54, 1.807) is 19.1 Å². The summed E-state index contributed by atoms with van der Waals surface area (Å²) >= 11 is 10.1. The predicted molar refractivity (Wildman–Crippen MR) is 455 cm³/mol. The van der Waals surface area contributed by atoms with E-state index in [-0.39, 0.29) is 139 Å². The first-order valence-corrected chi connectivity index (χ1v) is 43.3. The molecular formula is C77H78ClF3N12O30S6. The number of aliphatic carboxylic acids is 6. The minimum Gasteiger partial charge on any atom is -0.481 e. The molecule has 42 nitrogen and oxygen atoms in total. The molecule has 0 radical (unpaired) electrons. The Balaban J connectivity index is 0.000000305. The zero-order chi connectivity index (χ0) is 96.8. The molecule has 0 bridgehead atoms. The van der Waals surface area contributed by atoms with Gasteiger partial charge in [-0.25, -0.2) is 51.5 Å². The number of hydrogen-bond acceptors (Lipinski definition) is 30. The average molecular weight is 1940 g/mol. The summed E-state index contributed by atoms with van der Waals surface area (Å²) in [5.41, 5.74) is 22.7. The maximum atomic E-state index is 14.1. The van der Waals surface area contributed by atoms with Gasteiger partial charge in [-0.05, 0) is 160 Å². The van der Waals surface area contributed by atoms with Crippen molar-refractivity contribution >= 4 is 184 Å². The Hall–Kier alpha value is -14.0. The maximum absolute atomic E-state index is 14.1. The molecule has 4 aromatic carbocycles. The van der Waals surface area contributed by atoms with Crippen molar-refractivity contribution < 1.29 is 156 Å². The van der Waals surface area contributed by atoms with Gasteiger partial charge >= 0.3 is 59.7 Å². The number of amidine groups is 4. The summed E-state index contributed by atoms with van der Waals surface area (Å²) in [4.78, 5) is 166. The van der Waals surface area contributed by atoms with Gasteiger partial charge in [0.05, 0.1) is 11.4 Å². The maximum Gasteiger partial charge on any atom is 0.353 e. The number of ether oxygens (including phenoxy) is 4. The van der Waals surface area contributed by atoms with Gasteiger partial charge in [-0.2, -0.15) is 16.8 Å². The molecule has 24 N–H and O–H groups in total. The first kappa shape index (κ1) is 106. The van der Waals surface area contributed by atoms with E-state index in [0.29, 0.717) is 30.6 Å². The number of thiophene rings is 4. The number of esters is 4. The monoisotopic (exact) mass is 1930 g/mol. The number of carbonyl (C=O) groups excluding carboxylic acids is 8. The van der Waals surface area contributed by atoms with Gasteiger partial charge in [-0.1, -0.05) is 18.5 Å². The lowest BCUT2D eigenvalue weighted by Gasteiger charge is -2.16. The third kappa shape index (κ3) is 36.1. The SMILES string of the molecule is CC(Cc1ccc(C(=O)Oc2ccc(C(=N)N)cc2Cl)s1)C(=O)N[C@@H](CS(=O)(=O)O)C(=O)O.Cc1cc(C(=O)Oc2ccc(C(=N)N)cc2F)sc1CCC(=O)N[C@@H](CC(=O)O)C(=O)O.N=C(N)c1ccc(OC(=O)c2ccc(CCC(=O)N[C@@H](CCC(=O)O)C(=O)O)s2)c(F)c1.N=C(N)c1ccc(OC(=O)c2ccc(CCC(=O)N[C@@H](CS(=O)(=O)O)C(=O)O)s2)c(F)c1. The molecule has 4 amide bonds. The molecule has 0 spiro atoms. The van der Waals surface area contributed by atoms with Crippen LogP contribution in [0.4, 0.5) is 13.2 Å². The van der Waals surface area contributed by atoms with Crippen LogP contribution in [0, 0.1) is 51.9 Å². The minimum absolute atomic E-state index is 0.0764. The van der Waals surface area contributed by atoms with E-state index in [9.17, 15) is 97.1 Å². The van der Waals surface area contributed by atoms with Crippen LogP contribution < -0.4 is 63.1 Å². The van der Waals surface area contributed by atoms with Crippen LogP contribution in [-0.2, 0) is 93.9 Å². The van der Waals surface area contributed by atoms with Gasteiger partial charge in [-0.15, -0.1) is 45.3 Å². The Morgan fingerprint density at radius 1 is 0.419 bits per heavy atom. The number of halogens is 4. The van der Waals surface area contributed by atoms with E-state index in [2.05, 4.69) is 16.0 Å². The molecule has 0 aliphatic rings. The van der Waals surface area contributed by atoms with E-state index < -0.39 is 175 Å². The largest absolute Gasteiger partial charge is 0.481 e. The Morgan fingerprint density at radius 2 is 0.752 bits per heavy atom.